The summed E-state index contributed by atoms with van der Waals surface area (Å²) in [6.07, 6.45) is 7.23. The van der Waals surface area contributed by atoms with Gasteiger partial charge in [0.15, 0.2) is 0 Å². The van der Waals surface area contributed by atoms with Crippen LogP contribution < -0.4 is 30.6 Å². The van der Waals surface area contributed by atoms with Crippen molar-refractivity contribution >= 4 is 56.6 Å². The van der Waals surface area contributed by atoms with E-state index in [0.717, 1.165) is 19.3 Å². The van der Waals surface area contributed by atoms with Crippen molar-refractivity contribution in [3.05, 3.63) is 55.0 Å². The topological polar surface area (TPSA) is 188 Å². The zero-order valence-electron chi connectivity index (χ0n) is 23.4. The summed E-state index contributed by atoms with van der Waals surface area (Å²) < 4.78 is 15.6. The first-order valence-corrected chi connectivity index (χ1v) is 12.6. The molecule has 0 aliphatic rings. The maximum Gasteiger partial charge on any atom is 0.494 e. The summed E-state index contributed by atoms with van der Waals surface area (Å²) in [4.78, 5) is 11.7. The van der Waals surface area contributed by atoms with Crippen molar-refractivity contribution in [3.8, 4) is 17.6 Å². The van der Waals surface area contributed by atoms with Gasteiger partial charge in [-0.3, -0.25) is 0 Å². The van der Waals surface area contributed by atoms with E-state index >= 15 is 0 Å². The number of aromatic nitrogens is 3. The Morgan fingerprint density at radius 3 is 0.975 bits per heavy atom. The first kappa shape index (κ1) is 37.4. The molecule has 211 valence electrons. The molecule has 3 rings (SSSR count). The zero-order chi connectivity index (χ0) is 29.0. The Labute approximate surface area is 248 Å². The fraction of sp³-hybridized carbons (Fsp3) is 0.375. The van der Waals surface area contributed by atoms with Gasteiger partial charge in [-0.1, -0.05) is 39.0 Å². The molecule has 0 amide bonds. The normalized spacial score (nSPS) is 9.53. The minimum absolute atomic E-state index is 0. The van der Waals surface area contributed by atoms with Crippen LogP contribution in [0.5, 0.6) is 17.6 Å². The average molecular weight is 550 g/mol. The Balaban J connectivity index is 0.000000563. The van der Waals surface area contributed by atoms with Gasteiger partial charge >= 0.3 is 21.4 Å². The molecule has 1 radical (unpaired) electrons. The largest absolute Gasteiger partial charge is 0.494 e. The standard InChI is InChI=1S/3C8H12BNO3.Li/c3*1-2-6-13-8-7(9(11)12)4-3-5-10-8;/h3*3-5,11-12H,2,6H2,1H3;. The van der Waals surface area contributed by atoms with Crippen LogP contribution in [0.3, 0.4) is 0 Å². The molecule has 0 aromatic carbocycles. The van der Waals surface area contributed by atoms with Crippen LogP contribution in [0, 0.1) is 0 Å². The smallest absolute Gasteiger partial charge is 0.478 e. The van der Waals surface area contributed by atoms with Gasteiger partial charge in [-0.15, -0.1) is 0 Å². The number of pyridine rings is 3. The molecule has 0 aliphatic carbocycles. The number of hydrogen-bond acceptors (Lipinski definition) is 12. The van der Waals surface area contributed by atoms with Crippen LogP contribution in [0.1, 0.15) is 40.0 Å². The molecule has 0 spiro atoms. The van der Waals surface area contributed by atoms with E-state index in [1.807, 2.05) is 20.8 Å². The molecule has 0 saturated carbocycles. The minimum Gasteiger partial charge on any atom is -0.478 e. The summed E-state index contributed by atoms with van der Waals surface area (Å²) in [5.41, 5.74) is 0.905. The molecular formula is C24H36B3LiN3O9. The second-order valence-electron chi connectivity index (χ2n) is 7.86. The van der Waals surface area contributed by atoms with Crippen molar-refractivity contribution in [2.45, 2.75) is 40.0 Å². The maximum atomic E-state index is 8.94. The van der Waals surface area contributed by atoms with Gasteiger partial charge < -0.3 is 44.4 Å². The van der Waals surface area contributed by atoms with E-state index in [9.17, 15) is 0 Å². The van der Waals surface area contributed by atoms with Crippen molar-refractivity contribution in [1.82, 2.24) is 15.0 Å². The molecular weight excluding hydrogens is 514 g/mol. The average Bonchev–Trinajstić information content (AvgIpc) is 2.94. The third-order valence-electron chi connectivity index (χ3n) is 4.56. The molecule has 0 atom stereocenters. The van der Waals surface area contributed by atoms with Crippen LogP contribution in [-0.4, -0.2) is 105 Å². The van der Waals surface area contributed by atoms with Crippen molar-refractivity contribution in [2.75, 3.05) is 19.8 Å². The molecule has 6 N–H and O–H groups in total. The van der Waals surface area contributed by atoms with E-state index in [4.69, 9.17) is 44.4 Å². The molecule has 0 unspecified atom stereocenters. The van der Waals surface area contributed by atoms with Gasteiger partial charge in [0.25, 0.3) is 0 Å². The second kappa shape index (κ2) is 22.1. The summed E-state index contributed by atoms with van der Waals surface area (Å²) in [6.45, 7) is 7.48. The van der Waals surface area contributed by atoms with E-state index < -0.39 is 21.4 Å². The summed E-state index contributed by atoms with van der Waals surface area (Å²) in [6, 6.07) is 9.61. The Hall–Kier alpha value is -2.60. The Bertz CT molecular complexity index is 941. The Morgan fingerprint density at radius 1 is 0.525 bits per heavy atom. The summed E-state index contributed by atoms with van der Waals surface area (Å²) >= 11 is 0. The number of nitrogens with zero attached hydrogens (tertiary/aromatic N) is 3. The molecule has 0 bridgehead atoms. The van der Waals surface area contributed by atoms with Gasteiger partial charge in [-0.25, -0.2) is 15.0 Å². The maximum absolute atomic E-state index is 8.94. The predicted molar refractivity (Wildman–Crippen MR) is 155 cm³/mol. The number of hydrogen-bond donors (Lipinski definition) is 6. The van der Waals surface area contributed by atoms with Crippen LogP contribution in [-0.2, 0) is 0 Å². The molecule has 0 fully saturated rings. The van der Waals surface area contributed by atoms with E-state index in [-0.39, 0.29) is 18.9 Å². The fourth-order valence-electron chi connectivity index (χ4n) is 2.76. The van der Waals surface area contributed by atoms with Crippen LogP contribution in [0.4, 0.5) is 0 Å². The summed E-state index contributed by atoms with van der Waals surface area (Å²) in [5, 5.41) is 53.6. The molecule has 0 aliphatic heterocycles. The third-order valence-corrected chi connectivity index (χ3v) is 4.56. The van der Waals surface area contributed by atoms with Gasteiger partial charge in [0.05, 0.1) is 19.8 Å². The molecule has 3 heterocycles. The number of ether oxygens (including phenoxy) is 3. The fourth-order valence-corrected chi connectivity index (χ4v) is 2.76. The summed E-state index contributed by atoms with van der Waals surface area (Å²) in [5.74, 6) is 0.873. The van der Waals surface area contributed by atoms with Crippen molar-refractivity contribution in [3.63, 3.8) is 0 Å². The Kier molecular flexibility index (Phi) is 20.7. The zero-order valence-corrected chi connectivity index (χ0v) is 23.4. The van der Waals surface area contributed by atoms with Gasteiger partial charge in [0.2, 0.25) is 17.6 Å². The molecule has 3 aromatic heterocycles. The van der Waals surface area contributed by atoms with Gasteiger partial charge in [-0.05, 0) is 37.5 Å². The van der Waals surface area contributed by atoms with Gasteiger partial charge in [0.1, 0.15) is 0 Å². The van der Waals surface area contributed by atoms with E-state index in [1.165, 1.54) is 0 Å². The molecule has 0 saturated heterocycles. The third kappa shape index (κ3) is 14.2. The molecule has 3 aromatic rings. The van der Waals surface area contributed by atoms with Gasteiger partial charge in [-0.2, -0.15) is 0 Å². The molecule has 40 heavy (non-hydrogen) atoms. The van der Waals surface area contributed by atoms with Crippen molar-refractivity contribution in [2.24, 2.45) is 0 Å². The quantitative estimate of drug-likeness (QED) is 0.140. The van der Waals surface area contributed by atoms with E-state index in [2.05, 4.69) is 15.0 Å². The van der Waals surface area contributed by atoms with Gasteiger partial charge in [0, 0.05) is 53.8 Å². The molecule has 12 nitrogen and oxygen atoms in total. The van der Waals surface area contributed by atoms with E-state index in [1.54, 1.807) is 55.0 Å². The van der Waals surface area contributed by atoms with Crippen molar-refractivity contribution in [1.29, 1.82) is 0 Å². The summed E-state index contributed by atoms with van der Waals surface area (Å²) in [7, 11) is -4.58. The van der Waals surface area contributed by atoms with Crippen LogP contribution >= 0.6 is 0 Å². The van der Waals surface area contributed by atoms with Crippen LogP contribution in [0.2, 0.25) is 0 Å². The van der Waals surface area contributed by atoms with Crippen LogP contribution in [0.25, 0.3) is 0 Å². The van der Waals surface area contributed by atoms with E-state index in [0.29, 0.717) is 53.8 Å². The second-order valence-corrected chi connectivity index (χ2v) is 7.86. The van der Waals surface area contributed by atoms with Crippen LogP contribution in [0.15, 0.2) is 55.0 Å². The molecule has 16 heteroatoms. The minimum atomic E-state index is -1.53. The SMILES string of the molecule is CCCOc1ncccc1B(O)O.CCCOc1ncccc1B(O)O.CCCOc1ncccc1B(O)O.[Li]. The first-order chi connectivity index (χ1) is 18.8. The number of rotatable bonds is 12. The first-order valence-electron chi connectivity index (χ1n) is 12.6. The predicted octanol–water partition coefficient (Wildman–Crippen LogP) is -1.73. The Morgan fingerprint density at radius 2 is 0.775 bits per heavy atom. The van der Waals surface area contributed by atoms with Crippen molar-refractivity contribution < 1.29 is 44.4 Å². The monoisotopic (exact) mass is 550 g/mol.